The summed E-state index contributed by atoms with van der Waals surface area (Å²) in [5, 5.41) is 0. The Bertz CT molecular complexity index is 1100. The van der Waals surface area contributed by atoms with Crippen LogP contribution in [0.1, 0.15) is 66.2 Å². The summed E-state index contributed by atoms with van der Waals surface area (Å²) in [5.41, 5.74) is -23.6. The van der Waals surface area contributed by atoms with Crippen molar-refractivity contribution in [3.05, 3.63) is 0 Å². The summed E-state index contributed by atoms with van der Waals surface area (Å²) >= 11 is 0. The van der Waals surface area contributed by atoms with Crippen molar-refractivity contribution in [2.45, 2.75) is 93.9 Å². The average Bonchev–Trinajstić information content (AvgIpc) is 2.76. The molecule has 0 saturated carbocycles. The molecule has 270 valence electrons. The fourth-order valence-electron chi connectivity index (χ4n) is 2.35. The molecule has 44 heavy (non-hydrogen) atoms. The SMILES string of the molecule is CCCCP(CCCC)C(C)CCC.O=S(=O)(NS(=O)(=O)C(F)(F)F)C(F)(F)F.O=S(=O)(NS(=O)(=O)C(F)(F)F)C(F)(F)F. The third-order valence-electron chi connectivity index (χ3n) is 4.59. The molecule has 0 aromatic carbocycles. The van der Waals surface area contributed by atoms with E-state index in [1.54, 1.807) is 0 Å². The highest BCUT2D eigenvalue weighted by Crippen LogP contribution is 2.44. The molecule has 27 heteroatoms. The lowest BCUT2D eigenvalue weighted by atomic mass is 10.3. The zero-order valence-electron chi connectivity index (χ0n) is 23.1. The van der Waals surface area contributed by atoms with Crippen molar-refractivity contribution in [2.24, 2.45) is 0 Å². The molecule has 0 fully saturated rings. The van der Waals surface area contributed by atoms with E-state index in [1.165, 1.54) is 50.8 Å². The second-order valence-electron chi connectivity index (χ2n) is 8.34. The second kappa shape index (κ2) is 18.0. The molecule has 0 aliphatic rings. The van der Waals surface area contributed by atoms with E-state index in [2.05, 4.69) is 27.7 Å². The van der Waals surface area contributed by atoms with Crippen LogP contribution in [0.5, 0.6) is 0 Å². The third-order valence-corrected chi connectivity index (χ3v) is 13.8. The van der Waals surface area contributed by atoms with Crippen molar-refractivity contribution in [1.82, 2.24) is 8.25 Å². The molecule has 0 heterocycles. The van der Waals surface area contributed by atoms with Gasteiger partial charge in [-0.15, -0.1) is 7.92 Å². The van der Waals surface area contributed by atoms with E-state index in [4.69, 9.17) is 0 Å². The number of hydrogen-bond donors (Lipinski definition) is 2. The van der Waals surface area contributed by atoms with Crippen LogP contribution >= 0.6 is 7.92 Å². The van der Waals surface area contributed by atoms with Gasteiger partial charge in [-0.25, -0.2) is 33.7 Å². The Kier molecular flexibility index (Phi) is 19.5. The van der Waals surface area contributed by atoms with Crippen molar-refractivity contribution in [3.63, 3.8) is 0 Å². The highest BCUT2D eigenvalue weighted by atomic mass is 32.3. The van der Waals surface area contributed by atoms with Crippen LogP contribution in [0.25, 0.3) is 0 Å². The van der Waals surface area contributed by atoms with Crippen LogP contribution in [-0.4, -0.2) is 73.7 Å². The minimum atomic E-state index is -6.60. The number of alkyl halides is 12. The zero-order valence-corrected chi connectivity index (χ0v) is 27.3. The summed E-state index contributed by atoms with van der Waals surface area (Å²) in [6.45, 7) is 9.44. The van der Waals surface area contributed by atoms with Gasteiger partial charge >= 0.3 is 62.1 Å². The van der Waals surface area contributed by atoms with Crippen LogP contribution in [0.3, 0.4) is 0 Å². The number of sulfonamides is 4. The molecular formula is C17H31F12N2O8PS4. The van der Waals surface area contributed by atoms with Crippen molar-refractivity contribution in [1.29, 1.82) is 0 Å². The van der Waals surface area contributed by atoms with E-state index >= 15 is 0 Å². The van der Waals surface area contributed by atoms with Crippen molar-refractivity contribution < 1.29 is 86.4 Å². The van der Waals surface area contributed by atoms with Gasteiger partial charge in [0.15, 0.2) is 0 Å². The first-order chi connectivity index (χ1) is 19.2. The Morgan fingerprint density at radius 3 is 0.886 bits per heavy atom. The average molecular weight is 779 g/mol. The summed E-state index contributed by atoms with van der Waals surface area (Å²) in [4.78, 5) is 0. The molecule has 0 amide bonds. The van der Waals surface area contributed by atoms with Crippen molar-refractivity contribution in [2.75, 3.05) is 12.3 Å². The quantitative estimate of drug-likeness (QED) is 0.175. The van der Waals surface area contributed by atoms with Gasteiger partial charge in [0.05, 0.1) is 0 Å². The molecule has 0 spiro atoms. The van der Waals surface area contributed by atoms with Gasteiger partial charge in [-0.2, -0.15) is 52.7 Å². The van der Waals surface area contributed by atoms with Crippen molar-refractivity contribution in [3.8, 4) is 0 Å². The molecule has 0 aromatic rings. The number of halogens is 12. The van der Waals surface area contributed by atoms with E-state index in [0.717, 1.165) is 5.66 Å². The van der Waals surface area contributed by atoms with Crippen LogP contribution in [0.15, 0.2) is 0 Å². The molecule has 0 aliphatic carbocycles. The molecule has 1 unspecified atom stereocenters. The topological polar surface area (TPSA) is 161 Å². The lowest BCUT2D eigenvalue weighted by molar-refractivity contribution is -0.0487. The van der Waals surface area contributed by atoms with Gasteiger partial charge in [-0.05, 0) is 37.2 Å². The minimum absolute atomic E-state index is 0.360. The van der Waals surface area contributed by atoms with Crippen LogP contribution in [-0.2, 0) is 40.1 Å². The van der Waals surface area contributed by atoms with Gasteiger partial charge in [0.1, 0.15) is 0 Å². The van der Waals surface area contributed by atoms with Crippen LogP contribution in [0, 0.1) is 0 Å². The largest absolute Gasteiger partial charge is 0.512 e. The van der Waals surface area contributed by atoms with E-state index in [9.17, 15) is 86.4 Å². The lowest BCUT2D eigenvalue weighted by Crippen LogP contribution is -2.45. The molecule has 0 radical (unpaired) electrons. The van der Waals surface area contributed by atoms with Gasteiger partial charge in [0.25, 0.3) is 0 Å². The normalized spacial score (nSPS) is 14.8. The molecule has 0 rings (SSSR count). The Morgan fingerprint density at radius 2 is 0.727 bits per heavy atom. The number of unbranched alkanes of at least 4 members (excludes halogenated alkanes) is 2. The molecule has 0 aromatic heterocycles. The van der Waals surface area contributed by atoms with E-state index in [0.29, 0.717) is 7.92 Å². The second-order valence-corrected chi connectivity index (χ2v) is 18.5. The summed E-state index contributed by atoms with van der Waals surface area (Å²) < 4.78 is 217. The van der Waals surface area contributed by atoms with E-state index < -0.39 is 70.4 Å². The number of hydrogen-bond acceptors (Lipinski definition) is 8. The Balaban J connectivity index is -0.000000574. The fourth-order valence-corrected chi connectivity index (χ4v) is 9.35. The van der Waals surface area contributed by atoms with Crippen LogP contribution < -0.4 is 8.25 Å². The summed E-state index contributed by atoms with van der Waals surface area (Å²) in [6, 6.07) is 0. The van der Waals surface area contributed by atoms with Gasteiger partial charge in [-0.1, -0.05) is 55.2 Å². The first kappa shape index (κ1) is 47.7. The van der Waals surface area contributed by atoms with Crippen molar-refractivity contribution >= 4 is 48.0 Å². The maximum Gasteiger partial charge on any atom is 0.512 e. The highest BCUT2D eigenvalue weighted by molar-refractivity contribution is 8.06. The first-order valence-corrected chi connectivity index (χ1v) is 19.4. The van der Waals surface area contributed by atoms with Gasteiger partial charge in [-0.3, -0.25) is 0 Å². The molecule has 0 saturated heterocycles. The van der Waals surface area contributed by atoms with Gasteiger partial charge in [0.2, 0.25) is 0 Å². The summed E-state index contributed by atoms with van der Waals surface area (Å²) in [6.07, 6.45) is 11.6. The molecule has 0 aliphatic heterocycles. The van der Waals surface area contributed by atoms with Gasteiger partial charge in [0, 0.05) is 0 Å². The maximum absolute atomic E-state index is 11.5. The molecule has 10 nitrogen and oxygen atoms in total. The molecule has 0 bridgehead atoms. The highest BCUT2D eigenvalue weighted by Gasteiger charge is 2.56. The smallest absolute Gasteiger partial charge is 0.202 e. The predicted octanol–water partition coefficient (Wildman–Crippen LogP) is 5.81. The first-order valence-electron chi connectivity index (χ1n) is 11.7. The number of rotatable bonds is 13. The van der Waals surface area contributed by atoms with Gasteiger partial charge < -0.3 is 0 Å². The zero-order chi connectivity index (χ0) is 36.2. The third kappa shape index (κ3) is 17.3. The monoisotopic (exact) mass is 778 g/mol. The molecule has 2 N–H and O–H groups in total. The Hall–Kier alpha value is -0.690. The maximum atomic E-state index is 11.5. The Labute approximate surface area is 248 Å². The molecule has 1 atom stereocenters. The summed E-state index contributed by atoms with van der Waals surface area (Å²) in [5.74, 6) is 0. The van der Waals surface area contributed by atoms with Crippen LogP contribution in [0.4, 0.5) is 52.7 Å². The predicted molar refractivity (Wildman–Crippen MR) is 137 cm³/mol. The summed E-state index contributed by atoms with van der Waals surface area (Å²) in [7, 11) is -26.0. The minimum Gasteiger partial charge on any atom is -0.202 e. The standard InChI is InChI=1S/C13H29P.2C2HF6NO4S2/c1-5-8-11-14(12-9-6-2)13(4)10-7-3;2*3-1(4,5)14(10,11)9-15(12,13)2(6,7)8/h13H,5-12H2,1-4H3;2*9H. The lowest BCUT2D eigenvalue weighted by Gasteiger charge is -2.24. The Morgan fingerprint density at radius 1 is 0.500 bits per heavy atom. The molecular weight excluding hydrogens is 747 g/mol. The number of nitrogens with one attached hydrogen (secondary N) is 2. The van der Waals surface area contributed by atoms with E-state index in [1.807, 2.05) is 0 Å². The van der Waals surface area contributed by atoms with E-state index in [-0.39, 0.29) is 0 Å². The fraction of sp³-hybridized carbons (Fsp3) is 1.00. The van der Waals surface area contributed by atoms with Crippen LogP contribution in [0.2, 0.25) is 0 Å².